The summed E-state index contributed by atoms with van der Waals surface area (Å²) in [5.41, 5.74) is 2.94. The van der Waals surface area contributed by atoms with E-state index in [-0.39, 0.29) is 23.7 Å². The number of carbonyl (C=O) groups excluding carboxylic acids is 2. The fraction of sp³-hybridized carbons (Fsp3) is 0.321. The van der Waals surface area contributed by atoms with Crippen molar-refractivity contribution < 1.29 is 14.0 Å². The molecule has 3 N–H and O–H groups in total. The number of fused-ring (bicyclic) bond motifs is 1. The topological polar surface area (TPSA) is 88.1 Å². The first-order chi connectivity index (χ1) is 18.0. The summed E-state index contributed by atoms with van der Waals surface area (Å²) in [7, 11) is 0. The van der Waals surface area contributed by atoms with Gasteiger partial charge in [0.25, 0.3) is 11.8 Å². The number of carbonyl (C=O) groups is 2. The van der Waals surface area contributed by atoms with Crippen LogP contribution in [0.3, 0.4) is 0 Å². The molecule has 0 bridgehead atoms. The molecular formula is C28H30FN5O2S. The van der Waals surface area contributed by atoms with Gasteiger partial charge in [0.15, 0.2) is 0 Å². The summed E-state index contributed by atoms with van der Waals surface area (Å²) in [5, 5.41) is 14.8. The summed E-state index contributed by atoms with van der Waals surface area (Å²) in [5.74, 6) is -0.281. The molecule has 1 aliphatic heterocycles. The molecule has 1 saturated carbocycles. The lowest BCUT2D eigenvalue weighted by Gasteiger charge is -2.30. The monoisotopic (exact) mass is 519 g/mol. The minimum Gasteiger partial charge on any atom is -0.349 e. The standard InChI is InChI=1S/C28H30FN5O2S/c1-17-22(26(35)32-21-15-13-19(29)14-16-21)24(18-9-5-3-6-10-18)34-25(30-17)23(28(33-34)37-2)27(36)31-20-11-7-4-8-12-20/h3,5-6,9-10,13-16,20,24,30H,4,7-8,11-12H2,1-2H3,(H,31,36)(H,32,35). The summed E-state index contributed by atoms with van der Waals surface area (Å²) in [6.07, 6.45) is 7.31. The number of hydrogen-bond acceptors (Lipinski definition) is 5. The second-order valence-electron chi connectivity index (χ2n) is 9.42. The van der Waals surface area contributed by atoms with E-state index in [0.29, 0.717) is 33.4 Å². The molecule has 37 heavy (non-hydrogen) atoms. The molecule has 3 aromatic rings. The zero-order chi connectivity index (χ0) is 25.9. The van der Waals surface area contributed by atoms with E-state index in [0.717, 1.165) is 31.2 Å². The van der Waals surface area contributed by atoms with Gasteiger partial charge in [-0.1, -0.05) is 49.6 Å². The summed E-state index contributed by atoms with van der Waals surface area (Å²) >= 11 is 1.40. The average molecular weight is 520 g/mol. The highest BCUT2D eigenvalue weighted by molar-refractivity contribution is 7.98. The third kappa shape index (κ3) is 5.13. The molecule has 2 amide bonds. The number of rotatable bonds is 6. The first-order valence-electron chi connectivity index (χ1n) is 12.5. The van der Waals surface area contributed by atoms with E-state index in [4.69, 9.17) is 5.10 Å². The summed E-state index contributed by atoms with van der Waals surface area (Å²) in [4.78, 5) is 27.1. The quantitative estimate of drug-likeness (QED) is 0.362. The number of halogens is 1. The predicted molar refractivity (Wildman–Crippen MR) is 144 cm³/mol. The Bertz CT molecular complexity index is 1330. The zero-order valence-electron chi connectivity index (χ0n) is 20.9. The van der Waals surface area contributed by atoms with Crippen molar-refractivity contribution in [3.63, 3.8) is 0 Å². The minimum atomic E-state index is -0.556. The van der Waals surface area contributed by atoms with Crippen molar-refractivity contribution in [2.24, 2.45) is 0 Å². The maximum absolute atomic E-state index is 13.6. The van der Waals surface area contributed by atoms with E-state index in [1.54, 1.807) is 4.68 Å². The van der Waals surface area contributed by atoms with Gasteiger partial charge in [0.05, 0.1) is 5.57 Å². The van der Waals surface area contributed by atoms with Crippen LogP contribution in [0.1, 0.15) is 61.0 Å². The maximum Gasteiger partial charge on any atom is 0.258 e. The summed E-state index contributed by atoms with van der Waals surface area (Å²) in [6.45, 7) is 1.83. The Balaban J connectivity index is 1.55. The van der Waals surface area contributed by atoms with Gasteiger partial charge >= 0.3 is 0 Å². The molecule has 0 spiro atoms. The van der Waals surface area contributed by atoms with E-state index in [9.17, 15) is 14.0 Å². The van der Waals surface area contributed by atoms with E-state index >= 15 is 0 Å². The smallest absolute Gasteiger partial charge is 0.258 e. The largest absolute Gasteiger partial charge is 0.349 e. The second-order valence-corrected chi connectivity index (χ2v) is 10.2. The SMILES string of the molecule is CSc1nn2c(c1C(=O)NC1CCCCC1)NC(C)=C(C(=O)Nc1ccc(F)cc1)C2c1ccccc1. The molecular weight excluding hydrogens is 489 g/mol. The Kier molecular flexibility index (Phi) is 7.32. The van der Waals surface area contributed by atoms with Gasteiger partial charge in [0.1, 0.15) is 28.3 Å². The first kappa shape index (κ1) is 25.1. The number of allylic oxidation sites excluding steroid dienone is 1. The fourth-order valence-corrected chi connectivity index (χ4v) is 5.68. The van der Waals surface area contributed by atoms with Gasteiger partial charge in [-0.25, -0.2) is 9.07 Å². The van der Waals surface area contributed by atoms with E-state index < -0.39 is 6.04 Å². The van der Waals surface area contributed by atoms with Gasteiger partial charge in [0.2, 0.25) is 0 Å². The molecule has 1 atom stereocenters. The highest BCUT2D eigenvalue weighted by atomic mass is 32.2. The van der Waals surface area contributed by atoms with Gasteiger partial charge in [-0.3, -0.25) is 9.59 Å². The molecule has 1 unspecified atom stereocenters. The van der Waals surface area contributed by atoms with Crippen LogP contribution >= 0.6 is 11.8 Å². The van der Waals surface area contributed by atoms with Crippen LogP contribution in [0.2, 0.25) is 0 Å². The number of anilines is 2. The summed E-state index contributed by atoms with van der Waals surface area (Å²) < 4.78 is 15.1. The number of nitrogens with one attached hydrogen (secondary N) is 3. The number of aromatic nitrogens is 2. The number of thioether (sulfide) groups is 1. The van der Waals surface area contributed by atoms with Crippen molar-refractivity contribution >= 4 is 35.1 Å². The van der Waals surface area contributed by atoms with Crippen LogP contribution in [0.5, 0.6) is 0 Å². The Morgan fingerprint density at radius 3 is 2.41 bits per heavy atom. The van der Waals surface area contributed by atoms with Crippen LogP contribution in [0.15, 0.2) is 70.9 Å². The van der Waals surface area contributed by atoms with Crippen LogP contribution < -0.4 is 16.0 Å². The molecule has 192 valence electrons. The van der Waals surface area contributed by atoms with Crippen molar-refractivity contribution in [2.45, 2.75) is 56.1 Å². The highest BCUT2D eigenvalue weighted by Gasteiger charge is 2.37. The van der Waals surface area contributed by atoms with Crippen LogP contribution in [0.4, 0.5) is 15.9 Å². The second kappa shape index (κ2) is 10.8. The van der Waals surface area contributed by atoms with Gasteiger partial charge in [-0.15, -0.1) is 11.8 Å². The minimum absolute atomic E-state index is 0.149. The Morgan fingerprint density at radius 2 is 1.73 bits per heavy atom. The molecule has 2 heterocycles. The Labute approximate surface area is 219 Å². The van der Waals surface area contributed by atoms with Crippen molar-refractivity contribution in [1.29, 1.82) is 0 Å². The molecule has 7 nitrogen and oxygen atoms in total. The molecule has 0 saturated heterocycles. The van der Waals surface area contributed by atoms with Crippen molar-refractivity contribution in [2.75, 3.05) is 16.9 Å². The summed E-state index contributed by atoms with van der Waals surface area (Å²) in [6, 6.07) is 14.9. The number of nitrogens with zero attached hydrogens (tertiary/aromatic N) is 2. The molecule has 5 rings (SSSR count). The van der Waals surface area contributed by atoms with E-state index in [1.807, 2.05) is 43.5 Å². The maximum atomic E-state index is 13.6. The zero-order valence-corrected chi connectivity index (χ0v) is 21.7. The van der Waals surface area contributed by atoms with E-state index in [2.05, 4.69) is 16.0 Å². The van der Waals surface area contributed by atoms with Gasteiger partial charge < -0.3 is 16.0 Å². The van der Waals surface area contributed by atoms with Crippen LogP contribution in [0, 0.1) is 5.82 Å². The third-order valence-corrected chi connectivity index (χ3v) is 7.60. The molecule has 1 aromatic heterocycles. The number of hydrogen-bond donors (Lipinski definition) is 3. The normalized spacial score (nSPS) is 17.6. The molecule has 1 aliphatic carbocycles. The van der Waals surface area contributed by atoms with Crippen LogP contribution in [-0.4, -0.2) is 33.9 Å². The third-order valence-electron chi connectivity index (χ3n) is 6.93. The van der Waals surface area contributed by atoms with Crippen molar-refractivity contribution in [3.05, 3.63) is 82.8 Å². The molecule has 2 aromatic carbocycles. The van der Waals surface area contributed by atoms with Crippen molar-refractivity contribution in [1.82, 2.24) is 15.1 Å². The van der Waals surface area contributed by atoms with Crippen LogP contribution in [0.25, 0.3) is 0 Å². The highest BCUT2D eigenvalue weighted by Crippen LogP contribution is 2.40. The lowest BCUT2D eigenvalue weighted by atomic mass is 9.94. The lowest BCUT2D eigenvalue weighted by molar-refractivity contribution is -0.113. The van der Waals surface area contributed by atoms with Crippen molar-refractivity contribution in [3.8, 4) is 0 Å². The lowest BCUT2D eigenvalue weighted by Crippen LogP contribution is -2.37. The molecule has 1 fully saturated rings. The average Bonchev–Trinajstić information content (AvgIpc) is 3.28. The van der Waals surface area contributed by atoms with Gasteiger partial charge in [-0.2, -0.15) is 5.10 Å². The number of amides is 2. The fourth-order valence-electron chi connectivity index (χ4n) is 5.11. The Morgan fingerprint density at radius 1 is 1.03 bits per heavy atom. The number of benzene rings is 2. The van der Waals surface area contributed by atoms with Gasteiger partial charge in [-0.05, 0) is 55.9 Å². The molecule has 9 heteroatoms. The molecule has 0 radical (unpaired) electrons. The first-order valence-corrected chi connectivity index (χ1v) is 13.8. The molecule has 2 aliphatic rings. The van der Waals surface area contributed by atoms with Crippen LogP contribution in [-0.2, 0) is 4.79 Å². The Hall–Kier alpha value is -3.59. The predicted octanol–water partition coefficient (Wildman–Crippen LogP) is 5.73. The van der Waals surface area contributed by atoms with E-state index in [1.165, 1.54) is 42.4 Å². The van der Waals surface area contributed by atoms with Gasteiger partial charge in [0, 0.05) is 17.4 Å².